The summed E-state index contributed by atoms with van der Waals surface area (Å²) in [6.07, 6.45) is 1.28. The molecular formula is C24H19NO4S. The minimum absolute atomic E-state index is 0.228. The second-order valence-corrected chi connectivity index (χ2v) is 8.91. The summed E-state index contributed by atoms with van der Waals surface area (Å²) in [5.74, 6) is 1.27. The lowest BCUT2D eigenvalue weighted by atomic mass is 9.86. The summed E-state index contributed by atoms with van der Waals surface area (Å²) in [6, 6.07) is 25.1. The SMILES string of the molecule is NS(=O)(=O)Cc1ccc2c(c1)C(c1ccccc1)Oc1cccc(-c3ccco3)c1-2. The molecule has 0 bridgehead atoms. The van der Waals surface area contributed by atoms with Gasteiger partial charge >= 0.3 is 0 Å². The van der Waals surface area contributed by atoms with E-state index in [1.807, 2.05) is 72.8 Å². The lowest BCUT2D eigenvalue weighted by Gasteiger charge is -2.30. The van der Waals surface area contributed by atoms with Gasteiger partial charge in [0.1, 0.15) is 17.6 Å². The van der Waals surface area contributed by atoms with Crippen molar-refractivity contribution in [2.45, 2.75) is 11.9 Å². The number of hydrogen-bond acceptors (Lipinski definition) is 4. The van der Waals surface area contributed by atoms with Gasteiger partial charge in [-0.15, -0.1) is 0 Å². The average Bonchev–Trinajstić information content (AvgIpc) is 3.27. The zero-order valence-electron chi connectivity index (χ0n) is 16.0. The number of fused-ring (bicyclic) bond motifs is 3. The third kappa shape index (κ3) is 3.40. The normalized spacial score (nSPS) is 15.2. The molecule has 1 unspecified atom stereocenters. The molecule has 30 heavy (non-hydrogen) atoms. The van der Waals surface area contributed by atoms with E-state index >= 15 is 0 Å². The number of furan rings is 1. The van der Waals surface area contributed by atoms with Gasteiger partial charge in [0.25, 0.3) is 0 Å². The Morgan fingerprint density at radius 3 is 2.43 bits per heavy atom. The molecule has 5 nitrogen and oxygen atoms in total. The van der Waals surface area contributed by atoms with Crippen molar-refractivity contribution >= 4 is 10.0 Å². The van der Waals surface area contributed by atoms with E-state index in [4.69, 9.17) is 14.3 Å². The first kappa shape index (κ1) is 18.7. The van der Waals surface area contributed by atoms with Gasteiger partial charge in [-0.2, -0.15) is 0 Å². The average molecular weight is 417 g/mol. The van der Waals surface area contributed by atoms with Gasteiger partial charge in [-0.1, -0.05) is 60.7 Å². The molecule has 6 heteroatoms. The van der Waals surface area contributed by atoms with Crippen molar-refractivity contribution in [3.8, 4) is 28.2 Å². The zero-order chi connectivity index (χ0) is 20.7. The summed E-state index contributed by atoms with van der Waals surface area (Å²) >= 11 is 0. The summed E-state index contributed by atoms with van der Waals surface area (Å²) in [5.41, 5.74) is 5.34. The Balaban J connectivity index is 1.74. The molecule has 1 aromatic heterocycles. The summed E-state index contributed by atoms with van der Waals surface area (Å²) in [7, 11) is -3.65. The second kappa shape index (κ2) is 7.16. The Labute approximate surface area is 174 Å². The quantitative estimate of drug-likeness (QED) is 0.513. The van der Waals surface area contributed by atoms with Crippen LogP contribution in [0.1, 0.15) is 22.8 Å². The molecule has 0 saturated carbocycles. The van der Waals surface area contributed by atoms with Gasteiger partial charge < -0.3 is 9.15 Å². The van der Waals surface area contributed by atoms with E-state index < -0.39 is 10.0 Å². The van der Waals surface area contributed by atoms with Crippen molar-refractivity contribution in [3.63, 3.8) is 0 Å². The Hall–Kier alpha value is -3.35. The number of nitrogens with two attached hydrogens (primary N) is 1. The molecule has 0 saturated heterocycles. The maximum absolute atomic E-state index is 11.7. The van der Waals surface area contributed by atoms with E-state index in [2.05, 4.69) is 0 Å². The first-order valence-electron chi connectivity index (χ1n) is 9.52. The van der Waals surface area contributed by atoms with Crippen LogP contribution < -0.4 is 9.88 Å². The highest BCUT2D eigenvalue weighted by molar-refractivity contribution is 7.88. The maximum atomic E-state index is 11.7. The Bertz CT molecular complexity index is 1310. The summed E-state index contributed by atoms with van der Waals surface area (Å²) in [4.78, 5) is 0. The molecule has 2 heterocycles. The summed E-state index contributed by atoms with van der Waals surface area (Å²) in [5, 5.41) is 5.28. The molecule has 0 radical (unpaired) electrons. The summed E-state index contributed by atoms with van der Waals surface area (Å²) < 4.78 is 35.4. The molecule has 0 aliphatic carbocycles. The Morgan fingerprint density at radius 2 is 1.70 bits per heavy atom. The zero-order valence-corrected chi connectivity index (χ0v) is 16.8. The van der Waals surface area contributed by atoms with Gasteiger partial charge in [-0.3, -0.25) is 0 Å². The molecule has 1 aliphatic heterocycles. The van der Waals surface area contributed by atoms with E-state index in [-0.39, 0.29) is 11.9 Å². The van der Waals surface area contributed by atoms with Gasteiger partial charge in [-0.25, -0.2) is 13.6 Å². The third-order valence-electron chi connectivity index (χ3n) is 5.20. The Kier molecular flexibility index (Phi) is 4.46. The van der Waals surface area contributed by atoms with E-state index in [0.29, 0.717) is 5.56 Å². The van der Waals surface area contributed by atoms with Crippen molar-refractivity contribution in [2.24, 2.45) is 5.14 Å². The molecule has 1 atom stereocenters. The minimum Gasteiger partial charge on any atom is -0.480 e. The van der Waals surface area contributed by atoms with Crippen LogP contribution in [0.5, 0.6) is 5.75 Å². The largest absolute Gasteiger partial charge is 0.480 e. The van der Waals surface area contributed by atoms with Gasteiger partial charge in [0.2, 0.25) is 10.0 Å². The number of ether oxygens (including phenoxy) is 1. The van der Waals surface area contributed by atoms with Crippen molar-refractivity contribution < 1.29 is 17.6 Å². The molecule has 4 aromatic rings. The van der Waals surface area contributed by atoms with Crippen LogP contribution in [0.3, 0.4) is 0 Å². The fourth-order valence-corrected chi connectivity index (χ4v) is 4.63. The first-order valence-corrected chi connectivity index (χ1v) is 11.2. The van der Waals surface area contributed by atoms with Crippen LogP contribution >= 0.6 is 0 Å². The molecule has 0 fully saturated rings. The fourth-order valence-electron chi connectivity index (χ4n) is 3.99. The number of primary sulfonamides is 1. The van der Waals surface area contributed by atoms with Crippen LogP contribution in [0, 0.1) is 0 Å². The highest BCUT2D eigenvalue weighted by Crippen LogP contribution is 2.49. The number of sulfonamides is 1. The molecule has 150 valence electrons. The standard InChI is InChI=1S/C24H19NO4S/c25-30(26,27)15-16-11-12-18-20(14-16)24(17-6-2-1-3-7-17)29-22-9-4-8-19(23(18)22)21-10-5-13-28-21/h1-14,24H,15H2,(H2,25,26,27). The van der Waals surface area contributed by atoms with Crippen LogP contribution in [0.15, 0.2) is 89.5 Å². The monoisotopic (exact) mass is 417 g/mol. The Morgan fingerprint density at radius 1 is 0.867 bits per heavy atom. The predicted molar refractivity (Wildman–Crippen MR) is 115 cm³/mol. The lowest BCUT2D eigenvalue weighted by molar-refractivity contribution is 0.243. The lowest BCUT2D eigenvalue weighted by Crippen LogP contribution is -2.18. The molecule has 5 rings (SSSR count). The molecule has 0 amide bonds. The second-order valence-electron chi connectivity index (χ2n) is 7.29. The fraction of sp³-hybridized carbons (Fsp3) is 0.0833. The number of rotatable bonds is 4. The van der Waals surface area contributed by atoms with Crippen LogP contribution in [0.2, 0.25) is 0 Å². The van der Waals surface area contributed by atoms with Gasteiger partial charge in [0.15, 0.2) is 0 Å². The van der Waals surface area contributed by atoms with E-state index in [1.54, 1.807) is 12.3 Å². The van der Waals surface area contributed by atoms with Crippen LogP contribution in [0.4, 0.5) is 0 Å². The molecule has 1 aliphatic rings. The number of hydrogen-bond donors (Lipinski definition) is 1. The predicted octanol–water partition coefficient (Wildman–Crippen LogP) is 4.88. The van der Waals surface area contributed by atoms with Gasteiger partial charge in [-0.05, 0) is 34.9 Å². The minimum atomic E-state index is -3.65. The number of benzene rings is 3. The van der Waals surface area contributed by atoms with Crippen molar-refractivity contribution in [1.29, 1.82) is 0 Å². The van der Waals surface area contributed by atoms with E-state index in [9.17, 15) is 8.42 Å². The van der Waals surface area contributed by atoms with Crippen molar-refractivity contribution in [2.75, 3.05) is 0 Å². The molecule has 0 spiro atoms. The highest BCUT2D eigenvalue weighted by atomic mass is 32.2. The van der Waals surface area contributed by atoms with Crippen LogP contribution in [0.25, 0.3) is 22.5 Å². The topological polar surface area (TPSA) is 82.5 Å². The third-order valence-corrected chi connectivity index (χ3v) is 5.93. The molecule has 2 N–H and O–H groups in total. The van der Waals surface area contributed by atoms with E-state index in [1.165, 1.54) is 0 Å². The van der Waals surface area contributed by atoms with Crippen molar-refractivity contribution in [3.05, 3.63) is 102 Å². The highest BCUT2D eigenvalue weighted by Gasteiger charge is 2.30. The van der Waals surface area contributed by atoms with Crippen molar-refractivity contribution in [1.82, 2.24) is 0 Å². The maximum Gasteiger partial charge on any atom is 0.213 e. The van der Waals surface area contributed by atoms with Crippen LogP contribution in [-0.4, -0.2) is 8.42 Å². The van der Waals surface area contributed by atoms with Gasteiger partial charge in [0.05, 0.1) is 12.0 Å². The molecular weight excluding hydrogens is 398 g/mol. The molecule has 3 aromatic carbocycles. The van der Waals surface area contributed by atoms with Crippen LogP contribution in [-0.2, 0) is 15.8 Å². The summed E-state index contributed by atoms with van der Waals surface area (Å²) in [6.45, 7) is 0. The van der Waals surface area contributed by atoms with E-state index in [0.717, 1.165) is 39.3 Å². The smallest absolute Gasteiger partial charge is 0.213 e. The first-order chi connectivity index (χ1) is 14.5. The van der Waals surface area contributed by atoms with Gasteiger partial charge in [0, 0.05) is 16.7 Å².